The molecule has 2 aliphatic heterocycles. The summed E-state index contributed by atoms with van der Waals surface area (Å²) in [5.74, 6) is 0.108. The molecule has 0 saturated heterocycles. The highest BCUT2D eigenvalue weighted by atomic mass is 32.2. The number of amides is 1. The van der Waals surface area contributed by atoms with Gasteiger partial charge in [0.15, 0.2) is 0 Å². The van der Waals surface area contributed by atoms with Crippen molar-refractivity contribution in [3.05, 3.63) is 58.7 Å². The quantitative estimate of drug-likeness (QED) is 0.667. The second-order valence-electron chi connectivity index (χ2n) is 7.73. The Morgan fingerprint density at radius 1 is 1.13 bits per heavy atom. The Morgan fingerprint density at radius 3 is 2.53 bits per heavy atom. The fraction of sp³-hybridized carbons (Fsp3) is 0.409. The third-order valence-electron chi connectivity index (χ3n) is 5.65. The van der Waals surface area contributed by atoms with Gasteiger partial charge in [-0.05, 0) is 48.6 Å². The normalized spacial score (nSPS) is 16.6. The molecule has 0 saturated carbocycles. The topological polar surface area (TPSA) is 95.9 Å². The minimum Gasteiger partial charge on any atom is -0.394 e. The molecule has 30 heavy (non-hydrogen) atoms. The highest BCUT2D eigenvalue weighted by Crippen LogP contribution is 2.38. The van der Waals surface area contributed by atoms with Crippen LogP contribution in [0.5, 0.6) is 0 Å². The summed E-state index contributed by atoms with van der Waals surface area (Å²) in [6, 6.07) is 11.0. The SMILES string of the molecule is Cc1ccc([C@H](CNS(=O)(=O)c2cc3c4c(c2)CCN4C(=O)CC3)OCCO)cc1. The molecule has 2 aliphatic rings. The van der Waals surface area contributed by atoms with Gasteiger partial charge in [-0.15, -0.1) is 0 Å². The predicted octanol–water partition coefficient (Wildman–Crippen LogP) is 1.86. The number of aliphatic hydroxyl groups excluding tert-OH is 1. The Balaban J connectivity index is 1.55. The summed E-state index contributed by atoms with van der Waals surface area (Å²) in [6.07, 6.45) is 1.14. The molecule has 4 rings (SSSR count). The maximum absolute atomic E-state index is 13.0. The monoisotopic (exact) mass is 430 g/mol. The van der Waals surface area contributed by atoms with Gasteiger partial charge in [0.1, 0.15) is 0 Å². The number of aliphatic hydroxyl groups is 1. The second kappa shape index (κ2) is 8.47. The molecule has 1 amide bonds. The number of hydrogen-bond acceptors (Lipinski definition) is 5. The van der Waals surface area contributed by atoms with Crippen molar-refractivity contribution in [3.63, 3.8) is 0 Å². The number of aryl methyl sites for hydroxylation is 2. The van der Waals surface area contributed by atoms with Gasteiger partial charge in [-0.25, -0.2) is 13.1 Å². The van der Waals surface area contributed by atoms with Gasteiger partial charge in [0, 0.05) is 19.5 Å². The van der Waals surface area contributed by atoms with E-state index in [1.807, 2.05) is 31.2 Å². The van der Waals surface area contributed by atoms with Crippen LogP contribution in [0.1, 0.15) is 34.8 Å². The smallest absolute Gasteiger partial charge is 0.240 e. The summed E-state index contributed by atoms with van der Waals surface area (Å²) >= 11 is 0. The average molecular weight is 431 g/mol. The number of carbonyl (C=O) groups is 1. The number of sulfonamides is 1. The van der Waals surface area contributed by atoms with Gasteiger partial charge in [0.25, 0.3) is 0 Å². The molecule has 0 fully saturated rings. The number of benzene rings is 2. The summed E-state index contributed by atoms with van der Waals surface area (Å²) in [5.41, 5.74) is 4.66. The largest absolute Gasteiger partial charge is 0.394 e. The highest BCUT2D eigenvalue weighted by Gasteiger charge is 2.33. The predicted molar refractivity (Wildman–Crippen MR) is 113 cm³/mol. The molecule has 2 aromatic rings. The number of rotatable bonds is 8. The van der Waals surface area contributed by atoms with E-state index in [0.29, 0.717) is 25.8 Å². The molecule has 2 N–H and O–H groups in total. The molecule has 160 valence electrons. The summed E-state index contributed by atoms with van der Waals surface area (Å²) in [4.78, 5) is 14.1. The van der Waals surface area contributed by atoms with Crippen LogP contribution in [0.2, 0.25) is 0 Å². The lowest BCUT2D eigenvalue weighted by molar-refractivity contribution is -0.118. The second-order valence-corrected chi connectivity index (χ2v) is 9.50. The molecule has 2 heterocycles. The number of ether oxygens (including phenoxy) is 1. The lowest BCUT2D eigenvalue weighted by Crippen LogP contribution is -2.33. The number of anilines is 1. The zero-order valence-electron chi connectivity index (χ0n) is 16.9. The van der Waals surface area contributed by atoms with Crippen molar-refractivity contribution in [2.24, 2.45) is 0 Å². The molecule has 0 bridgehead atoms. The molecule has 1 atom stereocenters. The van der Waals surface area contributed by atoms with E-state index in [9.17, 15) is 13.2 Å². The molecule has 0 radical (unpaired) electrons. The van der Waals surface area contributed by atoms with E-state index in [4.69, 9.17) is 9.84 Å². The van der Waals surface area contributed by atoms with E-state index >= 15 is 0 Å². The standard InChI is InChI=1S/C22H26N2O5S/c1-15-2-4-16(5-3-15)20(29-11-10-25)14-23-30(27,28)19-12-17-6-7-21(26)24-9-8-18(13-19)22(17)24/h2-5,12-13,20,23,25H,6-11,14H2,1H3/t20-/m0/s1. The van der Waals surface area contributed by atoms with Crippen molar-refractivity contribution in [2.45, 2.75) is 37.2 Å². The number of nitrogens with one attached hydrogen (secondary N) is 1. The van der Waals surface area contributed by atoms with Crippen molar-refractivity contribution in [2.75, 3.05) is 31.2 Å². The van der Waals surface area contributed by atoms with Crippen LogP contribution in [0.4, 0.5) is 5.69 Å². The van der Waals surface area contributed by atoms with Gasteiger partial charge in [-0.3, -0.25) is 4.79 Å². The van der Waals surface area contributed by atoms with E-state index in [-0.39, 0.29) is 30.6 Å². The van der Waals surface area contributed by atoms with Gasteiger partial charge >= 0.3 is 0 Å². The van der Waals surface area contributed by atoms with Gasteiger partial charge in [-0.1, -0.05) is 29.8 Å². The first-order valence-electron chi connectivity index (χ1n) is 10.1. The Bertz CT molecular complexity index is 1050. The molecule has 0 spiro atoms. The molecular weight excluding hydrogens is 404 g/mol. The first kappa shape index (κ1) is 21.0. The van der Waals surface area contributed by atoms with Crippen LogP contribution in [-0.2, 0) is 32.4 Å². The van der Waals surface area contributed by atoms with Crippen molar-refractivity contribution in [1.82, 2.24) is 4.72 Å². The summed E-state index contributed by atoms with van der Waals surface area (Å²) in [6.45, 7) is 2.63. The zero-order valence-corrected chi connectivity index (χ0v) is 17.7. The molecule has 8 heteroatoms. The third kappa shape index (κ3) is 4.13. The summed E-state index contributed by atoms with van der Waals surface area (Å²) in [5, 5.41) is 9.11. The third-order valence-corrected chi connectivity index (χ3v) is 7.06. The lowest BCUT2D eigenvalue weighted by atomic mass is 10.00. The Kier molecular flexibility index (Phi) is 5.92. The summed E-state index contributed by atoms with van der Waals surface area (Å²) < 4.78 is 34.4. The molecule has 7 nitrogen and oxygen atoms in total. The summed E-state index contributed by atoms with van der Waals surface area (Å²) in [7, 11) is -3.75. The van der Waals surface area contributed by atoms with Crippen LogP contribution in [0.3, 0.4) is 0 Å². The Hall–Kier alpha value is -2.26. The molecular formula is C22H26N2O5S. The van der Waals surface area contributed by atoms with Crippen LogP contribution in [0.25, 0.3) is 0 Å². The van der Waals surface area contributed by atoms with Crippen molar-refractivity contribution in [1.29, 1.82) is 0 Å². The first-order chi connectivity index (χ1) is 14.4. The van der Waals surface area contributed by atoms with Crippen molar-refractivity contribution in [3.8, 4) is 0 Å². The fourth-order valence-corrected chi connectivity index (χ4v) is 5.23. The average Bonchev–Trinajstić information content (AvgIpc) is 3.17. The minimum atomic E-state index is -3.75. The van der Waals surface area contributed by atoms with Crippen LogP contribution in [0, 0.1) is 6.92 Å². The van der Waals surface area contributed by atoms with Gasteiger partial charge in [0.2, 0.25) is 15.9 Å². The van der Waals surface area contributed by atoms with Gasteiger partial charge < -0.3 is 14.7 Å². The molecule has 0 aromatic heterocycles. The van der Waals surface area contributed by atoms with Crippen LogP contribution < -0.4 is 9.62 Å². The molecule has 2 aromatic carbocycles. The number of nitrogens with zero attached hydrogens (tertiary/aromatic N) is 1. The first-order valence-corrected chi connectivity index (χ1v) is 11.6. The minimum absolute atomic E-state index is 0.0580. The van der Waals surface area contributed by atoms with Crippen LogP contribution >= 0.6 is 0 Å². The lowest BCUT2D eigenvalue weighted by Gasteiger charge is -2.26. The van der Waals surface area contributed by atoms with Crippen LogP contribution in [-0.4, -0.2) is 45.7 Å². The molecule has 0 aliphatic carbocycles. The van der Waals surface area contributed by atoms with E-state index < -0.39 is 16.1 Å². The van der Waals surface area contributed by atoms with E-state index in [0.717, 1.165) is 27.9 Å². The number of hydrogen-bond donors (Lipinski definition) is 2. The van der Waals surface area contributed by atoms with Crippen molar-refractivity contribution >= 4 is 21.6 Å². The molecule has 0 unspecified atom stereocenters. The Morgan fingerprint density at radius 2 is 1.83 bits per heavy atom. The Labute approximate surface area is 176 Å². The van der Waals surface area contributed by atoms with E-state index in [2.05, 4.69) is 4.72 Å². The van der Waals surface area contributed by atoms with Crippen molar-refractivity contribution < 1.29 is 23.1 Å². The van der Waals surface area contributed by atoms with Gasteiger partial charge in [0.05, 0.1) is 29.9 Å². The number of carbonyl (C=O) groups excluding carboxylic acids is 1. The van der Waals surface area contributed by atoms with E-state index in [1.165, 1.54) is 0 Å². The van der Waals surface area contributed by atoms with Crippen LogP contribution in [0.15, 0.2) is 41.3 Å². The van der Waals surface area contributed by atoms with Gasteiger partial charge in [-0.2, -0.15) is 0 Å². The fourth-order valence-electron chi connectivity index (χ4n) is 4.10. The maximum atomic E-state index is 13.0. The highest BCUT2D eigenvalue weighted by molar-refractivity contribution is 7.89. The zero-order chi connectivity index (χ0) is 21.3. The van der Waals surface area contributed by atoms with E-state index in [1.54, 1.807) is 17.0 Å². The maximum Gasteiger partial charge on any atom is 0.240 e.